The Morgan fingerprint density at radius 1 is 1.33 bits per heavy atom. The quantitative estimate of drug-likeness (QED) is 0.902. The molecule has 0 amide bonds. The molecule has 5 nitrogen and oxygen atoms in total. The van der Waals surface area contributed by atoms with Gasteiger partial charge in [-0.05, 0) is 42.9 Å². The van der Waals surface area contributed by atoms with Gasteiger partial charge in [0.1, 0.15) is 17.6 Å². The van der Waals surface area contributed by atoms with Crippen molar-refractivity contribution >= 4 is 21.5 Å². The summed E-state index contributed by atoms with van der Waals surface area (Å²) in [7, 11) is -3.36. The van der Waals surface area contributed by atoms with Crippen LogP contribution < -0.4 is 9.46 Å². The highest BCUT2D eigenvalue weighted by molar-refractivity contribution is 7.92. The third-order valence-corrected chi connectivity index (χ3v) is 6.31. The Bertz CT molecular complexity index is 782. The smallest absolute Gasteiger partial charge is 0.232 e. The van der Waals surface area contributed by atoms with Gasteiger partial charge in [0.15, 0.2) is 0 Å². The molecule has 1 heterocycles. The van der Waals surface area contributed by atoms with Gasteiger partial charge in [-0.15, -0.1) is 0 Å². The van der Waals surface area contributed by atoms with Crippen molar-refractivity contribution in [3.8, 4) is 5.75 Å². The molecule has 1 fully saturated rings. The Hall–Kier alpha value is -1.56. The van der Waals surface area contributed by atoms with Crippen LogP contribution in [0.5, 0.6) is 5.75 Å². The van der Waals surface area contributed by atoms with E-state index in [2.05, 4.69) is 18.6 Å². The van der Waals surface area contributed by atoms with Gasteiger partial charge in [0.25, 0.3) is 0 Å². The number of benzene rings is 1. The Balaban J connectivity index is 1.95. The van der Waals surface area contributed by atoms with E-state index in [9.17, 15) is 13.2 Å². The summed E-state index contributed by atoms with van der Waals surface area (Å²) < 4.78 is 32.8. The lowest BCUT2D eigenvalue weighted by molar-refractivity contribution is -0.127. The van der Waals surface area contributed by atoms with Crippen molar-refractivity contribution in [3.05, 3.63) is 23.3 Å². The predicted molar refractivity (Wildman–Crippen MR) is 94.1 cm³/mol. The Kier molecular flexibility index (Phi) is 4.14. The molecule has 0 radical (unpaired) electrons. The minimum Gasteiger partial charge on any atom is -0.489 e. The molecule has 6 heteroatoms. The minimum absolute atomic E-state index is 0.0547. The van der Waals surface area contributed by atoms with Crippen LogP contribution in [-0.2, 0) is 14.8 Å². The second kappa shape index (κ2) is 5.76. The van der Waals surface area contributed by atoms with Gasteiger partial charge in [-0.3, -0.25) is 9.52 Å². The fourth-order valence-electron chi connectivity index (χ4n) is 3.81. The highest BCUT2D eigenvalue weighted by Gasteiger charge is 2.47. The summed E-state index contributed by atoms with van der Waals surface area (Å²) in [5, 5.41) is 0. The molecule has 132 valence electrons. The van der Waals surface area contributed by atoms with Crippen molar-refractivity contribution in [3.63, 3.8) is 0 Å². The second-order valence-corrected chi connectivity index (χ2v) is 9.61. The lowest BCUT2D eigenvalue weighted by Crippen LogP contribution is -2.38. The van der Waals surface area contributed by atoms with Crippen LogP contribution in [0.2, 0.25) is 0 Å². The Morgan fingerprint density at radius 3 is 2.71 bits per heavy atom. The van der Waals surface area contributed by atoms with Gasteiger partial charge in [0.05, 0.1) is 17.4 Å². The Morgan fingerprint density at radius 2 is 2.04 bits per heavy atom. The maximum absolute atomic E-state index is 12.6. The Labute approximate surface area is 143 Å². The highest BCUT2D eigenvalue weighted by Crippen LogP contribution is 2.50. The van der Waals surface area contributed by atoms with E-state index in [0.29, 0.717) is 24.3 Å². The van der Waals surface area contributed by atoms with Crippen LogP contribution in [0.15, 0.2) is 12.1 Å². The van der Waals surface area contributed by atoms with Gasteiger partial charge in [-0.1, -0.05) is 20.8 Å². The maximum atomic E-state index is 12.6. The number of nitrogens with one attached hydrogen (secondary N) is 1. The molecule has 2 atom stereocenters. The van der Waals surface area contributed by atoms with E-state index < -0.39 is 10.0 Å². The third kappa shape index (κ3) is 3.16. The molecule has 1 saturated carbocycles. The van der Waals surface area contributed by atoms with Gasteiger partial charge < -0.3 is 4.74 Å². The molecule has 24 heavy (non-hydrogen) atoms. The normalized spacial score (nSPS) is 24.9. The SMILES string of the molecule is CCCS(=O)(=O)Nc1cc2c(cc1C)O[C@@H]1CC(C)(C)CC(=O)[C@@H]21. The van der Waals surface area contributed by atoms with Crippen LogP contribution in [0.25, 0.3) is 0 Å². The van der Waals surface area contributed by atoms with Gasteiger partial charge >= 0.3 is 0 Å². The number of aryl methyl sites for hydroxylation is 1. The molecule has 1 N–H and O–H groups in total. The number of hydrogen-bond acceptors (Lipinski definition) is 4. The molecule has 0 unspecified atom stereocenters. The molecule has 0 spiro atoms. The molecule has 3 rings (SSSR count). The molecule has 0 aromatic heterocycles. The van der Waals surface area contributed by atoms with Crippen molar-refractivity contribution in [2.45, 2.75) is 59.0 Å². The van der Waals surface area contributed by atoms with E-state index in [1.54, 1.807) is 6.07 Å². The van der Waals surface area contributed by atoms with Crippen molar-refractivity contribution in [2.24, 2.45) is 5.41 Å². The average Bonchev–Trinajstić information content (AvgIpc) is 2.74. The minimum atomic E-state index is -3.36. The molecule has 1 aromatic carbocycles. The number of fused-ring (bicyclic) bond motifs is 3. The number of anilines is 1. The first-order valence-corrected chi connectivity index (χ1v) is 10.1. The lowest BCUT2D eigenvalue weighted by Gasteiger charge is -2.35. The molecule has 2 aliphatic rings. The summed E-state index contributed by atoms with van der Waals surface area (Å²) in [5.41, 5.74) is 2.11. The largest absolute Gasteiger partial charge is 0.489 e. The standard InChI is InChI=1S/C18H25NO4S/c1-5-6-24(21,22)19-13-8-12-15(7-11(13)2)23-16-10-18(3,4)9-14(20)17(12)16/h7-8,16-17,19H,5-6,9-10H2,1-4H3/t16-,17-/m1/s1. The van der Waals surface area contributed by atoms with E-state index in [1.165, 1.54) is 0 Å². The van der Waals surface area contributed by atoms with Gasteiger partial charge in [-0.2, -0.15) is 0 Å². The monoisotopic (exact) mass is 351 g/mol. The first-order valence-electron chi connectivity index (χ1n) is 8.46. The predicted octanol–water partition coefficient (Wildman–Crippen LogP) is 3.38. The van der Waals surface area contributed by atoms with Crippen molar-refractivity contribution in [1.82, 2.24) is 0 Å². The van der Waals surface area contributed by atoms with E-state index in [0.717, 1.165) is 17.5 Å². The second-order valence-electron chi connectivity index (χ2n) is 7.77. The number of hydrogen-bond donors (Lipinski definition) is 1. The molecule has 1 aliphatic heterocycles. The van der Waals surface area contributed by atoms with Crippen molar-refractivity contribution in [2.75, 3.05) is 10.5 Å². The maximum Gasteiger partial charge on any atom is 0.232 e. The summed E-state index contributed by atoms with van der Waals surface area (Å²) >= 11 is 0. The van der Waals surface area contributed by atoms with Crippen molar-refractivity contribution < 1.29 is 17.9 Å². The van der Waals surface area contributed by atoms with Gasteiger partial charge in [0, 0.05) is 12.0 Å². The number of rotatable bonds is 4. The summed E-state index contributed by atoms with van der Waals surface area (Å²) in [4.78, 5) is 12.6. The zero-order valence-corrected chi connectivity index (χ0v) is 15.5. The fourth-order valence-corrected chi connectivity index (χ4v) is 5.01. The highest BCUT2D eigenvalue weighted by atomic mass is 32.2. The van der Waals surface area contributed by atoms with Crippen LogP contribution in [0.3, 0.4) is 0 Å². The number of sulfonamides is 1. The number of ketones is 1. The van der Waals surface area contributed by atoms with Crippen LogP contribution in [0, 0.1) is 12.3 Å². The van der Waals surface area contributed by atoms with Crippen LogP contribution >= 0.6 is 0 Å². The van der Waals surface area contributed by atoms with E-state index >= 15 is 0 Å². The number of ether oxygens (including phenoxy) is 1. The van der Waals surface area contributed by atoms with E-state index in [4.69, 9.17) is 4.74 Å². The number of carbonyl (C=O) groups is 1. The average molecular weight is 351 g/mol. The fraction of sp³-hybridized carbons (Fsp3) is 0.611. The lowest BCUT2D eigenvalue weighted by atomic mass is 9.69. The van der Waals surface area contributed by atoms with Gasteiger partial charge in [-0.25, -0.2) is 8.42 Å². The summed E-state index contributed by atoms with van der Waals surface area (Å²) in [5.74, 6) is 0.704. The number of carbonyl (C=O) groups excluding carboxylic acids is 1. The zero-order valence-electron chi connectivity index (χ0n) is 14.7. The van der Waals surface area contributed by atoms with Crippen LogP contribution in [0.4, 0.5) is 5.69 Å². The van der Waals surface area contributed by atoms with Crippen LogP contribution in [-0.4, -0.2) is 26.1 Å². The summed E-state index contributed by atoms with van der Waals surface area (Å²) in [6.45, 7) is 7.85. The molecule has 1 aliphatic carbocycles. The van der Waals surface area contributed by atoms with Crippen molar-refractivity contribution in [1.29, 1.82) is 0 Å². The summed E-state index contributed by atoms with van der Waals surface area (Å²) in [6.07, 6.45) is 1.77. The molecule has 1 aromatic rings. The topological polar surface area (TPSA) is 72.5 Å². The molecular weight excluding hydrogens is 326 g/mol. The zero-order chi connectivity index (χ0) is 17.7. The van der Waals surface area contributed by atoms with Crippen LogP contribution in [0.1, 0.15) is 57.1 Å². The summed E-state index contributed by atoms with van der Waals surface area (Å²) in [6, 6.07) is 3.64. The molecule has 0 bridgehead atoms. The molecule has 0 saturated heterocycles. The van der Waals surface area contributed by atoms with Gasteiger partial charge in [0.2, 0.25) is 10.0 Å². The van der Waals surface area contributed by atoms with E-state index in [1.807, 2.05) is 19.9 Å². The number of Topliss-reactive ketones (excluding diaryl/α,β-unsaturated/α-hetero) is 1. The third-order valence-electron chi connectivity index (χ3n) is 4.83. The first-order chi connectivity index (χ1) is 11.1. The molecular formula is C18H25NO4S. The first kappa shape index (κ1) is 17.3. The van der Waals surface area contributed by atoms with E-state index in [-0.39, 0.29) is 29.0 Å².